The van der Waals surface area contributed by atoms with Crippen LogP contribution in [-0.2, 0) is 14.3 Å². The molecule has 28 heavy (non-hydrogen) atoms. The molecule has 2 N–H and O–H groups in total. The molecule has 2 amide bonds. The lowest BCUT2D eigenvalue weighted by molar-refractivity contribution is -0.141. The predicted molar refractivity (Wildman–Crippen MR) is 99.4 cm³/mol. The standard InChI is InChI=1S/C20H19FN2O5/c1-2-18(25)23-14-9-7-13(8-10-14)17(24)12-28-19(26)11-22-20(27)15-5-3-4-6-16(15)21/h3-10H,2,11-12H2,1H3,(H,22,27)(H,23,25). The molecule has 0 bridgehead atoms. The highest BCUT2D eigenvalue weighted by molar-refractivity contribution is 5.99. The summed E-state index contributed by atoms with van der Waals surface area (Å²) >= 11 is 0. The van der Waals surface area contributed by atoms with E-state index in [0.717, 1.165) is 6.07 Å². The van der Waals surface area contributed by atoms with Gasteiger partial charge in [0.25, 0.3) is 5.91 Å². The van der Waals surface area contributed by atoms with E-state index in [4.69, 9.17) is 4.74 Å². The Kier molecular flexibility index (Phi) is 7.38. The van der Waals surface area contributed by atoms with Crippen LogP contribution in [0.3, 0.4) is 0 Å². The fraction of sp³-hybridized carbons (Fsp3) is 0.200. The van der Waals surface area contributed by atoms with Crippen molar-refractivity contribution in [1.82, 2.24) is 5.32 Å². The number of nitrogens with one attached hydrogen (secondary N) is 2. The van der Waals surface area contributed by atoms with Crippen LogP contribution in [0.25, 0.3) is 0 Å². The number of halogens is 1. The summed E-state index contributed by atoms with van der Waals surface area (Å²) in [7, 11) is 0. The number of esters is 1. The van der Waals surface area contributed by atoms with Crippen LogP contribution in [0, 0.1) is 5.82 Å². The van der Waals surface area contributed by atoms with Crippen molar-refractivity contribution in [3.8, 4) is 0 Å². The topological polar surface area (TPSA) is 102 Å². The lowest BCUT2D eigenvalue weighted by Gasteiger charge is -2.08. The van der Waals surface area contributed by atoms with E-state index < -0.39 is 36.6 Å². The Morgan fingerprint density at radius 3 is 2.32 bits per heavy atom. The Bertz CT molecular complexity index is 880. The van der Waals surface area contributed by atoms with Crippen LogP contribution in [0.15, 0.2) is 48.5 Å². The highest BCUT2D eigenvalue weighted by Crippen LogP contribution is 2.11. The van der Waals surface area contributed by atoms with E-state index in [9.17, 15) is 23.6 Å². The Hall–Kier alpha value is -3.55. The molecule has 146 valence electrons. The third-order valence-corrected chi connectivity index (χ3v) is 3.69. The van der Waals surface area contributed by atoms with E-state index in [2.05, 4.69) is 10.6 Å². The van der Waals surface area contributed by atoms with Crippen molar-refractivity contribution in [2.24, 2.45) is 0 Å². The minimum Gasteiger partial charge on any atom is -0.456 e. The van der Waals surface area contributed by atoms with Crippen molar-refractivity contribution in [3.05, 3.63) is 65.5 Å². The Morgan fingerprint density at radius 1 is 1.00 bits per heavy atom. The first kappa shape index (κ1) is 20.8. The number of ketones is 1. The molecule has 2 aromatic carbocycles. The van der Waals surface area contributed by atoms with Crippen LogP contribution in [-0.4, -0.2) is 36.7 Å². The zero-order valence-electron chi connectivity index (χ0n) is 15.2. The van der Waals surface area contributed by atoms with Gasteiger partial charge in [0.2, 0.25) is 5.91 Å². The van der Waals surface area contributed by atoms with Gasteiger partial charge in [0.15, 0.2) is 12.4 Å². The molecule has 0 saturated heterocycles. The highest BCUT2D eigenvalue weighted by Gasteiger charge is 2.14. The molecule has 0 atom stereocenters. The van der Waals surface area contributed by atoms with Crippen LogP contribution >= 0.6 is 0 Å². The molecule has 0 aliphatic carbocycles. The highest BCUT2D eigenvalue weighted by atomic mass is 19.1. The SMILES string of the molecule is CCC(=O)Nc1ccc(C(=O)COC(=O)CNC(=O)c2ccccc2F)cc1. The van der Waals surface area contributed by atoms with E-state index in [0.29, 0.717) is 17.7 Å². The number of ether oxygens (including phenoxy) is 1. The smallest absolute Gasteiger partial charge is 0.325 e. The zero-order chi connectivity index (χ0) is 20.5. The van der Waals surface area contributed by atoms with E-state index >= 15 is 0 Å². The number of anilines is 1. The molecular formula is C20H19FN2O5. The Morgan fingerprint density at radius 2 is 1.68 bits per heavy atom. The van der Waals surface area contributed by atoms with Gasteiger partial charge in [0.1, 0.15) is 12.4 Å². The van der Waals surface area contributed by atoms with Crippen LogP contribution < -0.4 is 10.6 Å². The van der Waals surface area contributed by atoms with Crippen LogP contribution in [0.5, 0.6) is 0 Å². The normalized spacial score (nSPS) is 10.1. The van der Waals surface area contributed by atoms with E-state index in [1.54, 1.807) is 19.1 Å². The maximum atomic E-state index is 13.5. The fourth-order valence-corrected chi connectivity index (χ4v) is 2.16. The molecule has 2 aromatic rings. The van der Waals surface area contributed by atoms with E-state index in [-0.39, 0.29) is 11.5 Å². The molecule has 0 saturated carbocycles. The molecule has 0 aromatic heterocycles. The molecule has 0 aliphatic rings. The summed E-state index contributed by atoms with van der Waals surface area (Å²) in [6.45, 7) is 0.720. The molecular weight excluding hydrogens is 367 g/mol. The minimum absolute atomic E-state index is 0.148. The molecule has 7 nitrogen and oxygen atoms in total. The molecule has 0 fully saturated rings. The lowest BCUT2D eigenvalue weighted by atomic mass is 10.1. The summed E-state index contributed by atoms with van der Waals surface area (Å²) in [4.78, 5) is 46.8. The number of hydrogen-bond acceptors (Lipinski definition) is 5. The number of carbonyl (C=O) groups excluding carboxylic acids is 4. The number of benzene rings is 2. The van der Waals surface area contributed by atoms with Crippen LogP contribution in [0.1, 0.15) is 34.1 Å². The molecule has 0 spiro atoms. The van der Waals surface area contributed by atoms with Crippen molar-refractivity contribution >= 4 is 29.3 Å². The minimum atomic E-state index is -0.829. The average Bonchev–Trinajstić information content (AvgIpc) is 2.71. The van der Waals surface area contributed by atoms with Gasteiger partial charge in [-0.1, -0.05) is 19.1 Å². The number of Topliss-reactive ketones (excluding diaryl/α,β-unsaturated/α-hetero) is 1. The molecule has 0 unspecified atom stereocenters. The third kappa shape index (κ3) is 6.01. The van der Waals surface area contributed by atoms with Crippen molar-refractivity contribution in [3.63, 3.8) is 0 Å². The monoisotopic (exact) mass is 386 g/mol. The van der Waals surface area contributed by atoms with Gasteiger partial charge < -0.3 is 15.4 Å². The lowest BCUT2D eigenvalue weighted by Crippen LogP contribution is -2.32. The van der Waals surface area contributed by atoms with Gasteiger partial charge in [-0.3, -0.25) is 19.2 Å². The number of hydrogen-bond donors (Lipinski definition) is 2. The summed E-state index contributed by atoms with van der Waals surface area (Å²) in [5, 5.41) is 4.88. The van der Waals surface area contributed by atoms with Gasteiger partial charge in [-0.2, -0.15) is 0 Å². The van der Waals surface area contributed by atoms with Crippen molar-refractivity contribution in [2.75, 3.05) is 18.5 Å². The van der Waals surface area contributed by atoms with Crippen LogP contribution in [0.4, 0.5) is 10.1 Å². The second kappa shape index (κ2) is 9.96. The average molecular weight is 386 g/mol. The molecule has 0 heterocycles. The molecule has 0 aliphatic heterocycles. The first-order valence-electron chi connectivity index (χ1n) is 8.52. The predicted octanol–water partition coefficient (Wildman–Crippen LogP) is 2.33. The van der Waals surface area contributed by atoms with Gasteiger partial charge >= 0.3 is 5.97 Å². The van der Waals surface area contributed by atoms with Crippen molar-refractivity contribution < 1.29 is 28.3 Å². The van der Waals surface area contributed by atoms with Crippen molar-refractivity contribution in [1.29, 1.82) is 0 Å². The summed E-state index contributed by atoms with van der Waals surface area (Å²) < 4.78 is 18.3. The second-order valence-corrected chi connectivity index (χ2v) is 5.73. The molecule has 8 heteroatoms. The maximum Gasteiger partial charge on any atom is 0.325 e. The number of carbonyl (C=O) groups is 4. The van der Waals surface area contributed by atoms with E-state index in [1.165, 1.54) is 30.3 Å². The second-order valence-electron chi connectivity index (χ2n) is 5.73. The maximum absolute atomic E-state index is 13.5. The van der Waals surface area contributed by atoms with Gasteiger partial charge in [-0.25, -0.2) is 4.39 Å². The van der Waals surface area contributed by atoms with Crippen molar-refractivity contribution in [2.45, 2.75) is 13.3 Å². The summed E-state index contributed by atoms with van der Waals surface area (Å²) in [5.74, 6) is -2.88. The molecule has 2 rings (SSSR count). The zero-order valence-corrected chi connectivity index (χ0v) is 15.2. The van der Waals surface area contributed by atoms with Gasteiger partial charge in [0.05, 0.1) is 5.56 Å². The first-order valence-corrected chi connectivity index (χ1v) is 8.52. The first-order chi connectivity index (χ1) is 13.4. The van der Waals surface area contributed by atoms with Gasteiger partial charge in [-0.15, -0.1) is 0 Å². The number of amides is 2. The largest absolute Gasteiger partial charge is 0.456 e. The summed E-state index contributed by atoms with van der Waals surface area (Å²) in [6.07, 6.45) is 0.337. The van der Waals surface area contributed by atoms with E-state index in [1.807, 2.05) is 0 Å². The summed E-state index contributed by atoms with van der Waals surface area (Å²) in [5.41, 5.74) is 0.663. The summed E-state index contributed by atoms with van der Waals surface area (Å²) in [6, 6.07) is 11.5. The Balaban J connectivity index is 1.79. The van der Waals surface area contributed by atoms with Gasteiger partial charge in [-0.05, 0) is 36.4 Å². The molecule has 0 radical (unpaired) electrons. The number of rotatable bonds is 8. The third-order valence-electron chi connectivity index (χ3n) is 3.69. The fourth-order valence-electron chi connectivity index (χ4n) is 2.16. The Labute approximate surface area is 160 Å². The van der Waals surface area contributed by atoms with Crippen LogP contribution in [0.2, 0.25) is 0 Å². The van der Waals surface area contributed by atoms with Gasteiger partial charge in [0, 0.05) is 17.7 Å². The quantitative estimate of drug-likeness (QED) is 0.536.